The monoisotopic (exact) mass is 415 g/mol. The molecule has 2 heterocycles. The second kappa shape index (κ2) is 8.00. The van der Waals surface area contributed by atoms with Crippen LogP contribution in [-0.4, -0.2) is 34.8 Å². The molecule has 2 aromatic carbocycles. The van der Waals surface area contributed by atoms with Crippen molar-refractivity contribution >= 4 is 34.5 Å². The third kappa shape index (κ3) is 4.27. The fraction of sp³-hybridized carbons (Fsp3) is 0.263. The number of benzene rings is 2. The highest BCUT2D eigenvalue weighted by atomic mass is 32.2. The number of hydrogen-bond donors (Lipinski definition) is 1. The summed E-state index contributed by atoms with van der Waals surface area (Å²) in [4.78, 5) is 26.8. The molecule has 10 heteroatoms. The molecule has 0 saturated carbocycles. The molecule has 3 aromatic rings. The van der Waals surface area contributed by atoms with E-state index in [1.807, 2.05) is 25.1 Å². The molecule has 1 aliphatic rings. The van der Waals surface area contributed by atoms with E-state index in [9.17, 15) is 14.9 Å². The zero-order valence-electron chi connectivity index (χ0n) is 15.4. The van der Waals surface area contributed by atoms with Gasteiger partial charge in [-0.05, 0) is 30.7 Å². The standard InChI is InChI=1S/C19H17N3O6S/c1-11(12-2-4-16-17(8-12)27-7-6-26-16)20-18(23)10-29-19-21-14-9-13(22(24)25)3-5-15(14)28-19/h2-5,8-9,11H,6-7,10H2,1H3,(H,20,23)/t11-/m0/s1. The topological polar surface area (TPSA) is 117 Å². The fourth-order valence-electron chi connectivity index (χ4n) is 2.89. The molecule has 9 nitrogen and oxygen atoms in total. The maximum atomic E-state index is 12.3. The van der Waals surface area contributed by atoms with Crippen LogP contribution in [0.2, 0.25) is 0 Å². The van der Waals surface area contributed by atoms with Crippen molar-refractivity contribution in [2.75, 3.05) is 19.0 Å². The SMILES string of the molecule is C[C@H](NC(=O)CSc1nc2cc([N+](=O)[O-])ccc2o1)c1ccc2c(c1)OCCO2. The summed E-state index contributed by atoms with van der Waals surface area (Å²) in [6, 6.07) is 9.55. The molecule has 0 radical (unpaired) electrons. The highest BCUT2D eigenvalue weighted by Gasteiger charge is 2.17. The molecule has 0 spiro atoms. The van der Waals surface area contributed by atoms with E-state index in [1.165, 1.54) is 18.2 Å². The van der Waals surface area contributed by atoms with E-state index < -0.39 is 4.92 Å². The lowest BCUT2D eigenvalue weighted by Crippen LogP contribution is -2.28. The van der Waals surface area contributed by atoms with Crippen LogP contribution in [0.4, 0.5) is 5.69 Å². The Morgan fingerprint density at radius 3 is 2.83 bits per heavy atom. The van der Waals surface area contributed by atoms with Crippen LogP contribution in [0, 0.1) is 10.1 Å². The summed E-state index contributed by atoms with van der Waals surface area (Å²) in [7, 11) is 0. The van der Waals surface area contributed by atoms with Gasteiger partial charge in [0.15, 0.2) is 17.1 Å². The molecule has 1 aromatic heterocycles. The number of nitro benzene ring substituents is 1. The van der Waals surface area contributed by atoms with Crippen LogP contribution in [0.15, 0.2) is 46.0 Å². The van der Waals surface area contributed by atoms with Crippen LogP contribution >= 0.6 is 11.8 Å². The molecule has 1 amide bonds. The van der Waals surface area contributed by atoms with Gasteiger partial charge in [0, 0.05) is 12.1 Å². The quantitative estimate of drug-likeness (QED) is 0.369. The Morgan fingerprint density at radius 2 is 2.03 bits per heavy atom. The molecular formula is C19H17N3O6S. The second-order valence-corrected chi connectivity index (χ2v) is 7.30. The number of nitrogens with one attached hydrogen (secondary N) is 1. The van der Waals surface area contributed by atoms with Gasteiger partial charge >= 0.3 is 0 Å². The van der Waals surface area contributed by atoms with Crippen molar-refractivity contribution in [1.29, 1.82) is 0 Å². The number of hydrogen-bond acceptors (Lipinski definition) is 8. The molecular weight excluding hydrogens is 398 g/mol. The van der Waals surface area contributed by atoms with E-state index in [-0.39, 0.29) is 28.6 Å². The van der Waals surface area contributed by atoms with Gasteiger partial charge in [0.1, 0.15) is 18.7 Å². The molecule has 1 aliphatic heterocycles. The van der Waals surface area contributed by atoms with Crippen molar-refractivity contribution in [1.82, 2.24) is 10.3 Å². The predicted octanol–water partition coefficient (Wildman–Crippen LogP) is 3.48. The Labute approximate surface area is 169 Å². The van der Waals surface area contributed by atoms with Gasteiger partial charge in [0.05, 0.1) is 16.7 Å². The van der Waals surface area contributed by atoms with Crippen LogP contribution < -0.4 is 14.8 Å². The smallest absolute Gasteiger partial charge is 0.271 e. The molecule has 0 aliphatic carbocycles. The van der Waals surface area contributed by atoms with Crippen molar-refractivity contribution in [3.8, 4) is 11.5 Å². The molecule has 0 saturated heterocycles. The van der Waals surface area contributed by atoms with E-state index in [0.717, 1.165) is 17.3 Å². The molecule has 0 unspecified atom stereocenters. The highest BCUT2D eigenvalue weighted by Crippen LogP contribution is 2.32. The molecule has 150 valence electrons. The lowest BCUT2D eigenvalue weighted by Gasteiger charge is -2.21. The van der Waals surface area contributed by atoms with Gasteiger partial charge in [-0.25, -0.2) is 4.98 Å². The summed E-state index contributed by atoms with van der Waals surface area (Å²) in [6.45, 7) is 2.91. The van der Waals surface area contributed by atoms with Crippen LogP contribution in [-0.2, 0) is 4.79 Å². The average molecular weight is 415 g/mol. The summed E-state index contributed by atoms with van der Waals surface area (Å²) >= 11 is 1.12. The lowest BCUT2D eigenvalue weighted by atomic mass is 10.1. The molecule has 0 bridgehead atoms. The Balaban J connectivity index is 1.36. The maximum Gasteiger partial charge on any atom is 0.271 e. The van der Waals surface area contributed by atoms with Crippen molar-refractivity contribution in [2.24, 2.45) is 0 Å². The van der Waals surface area contributed by atoms with Gasteiger partial charge < -0.3 is 19.2 Å². The Bertz CT molecular complexity index is 1080. The number of oxazole rings is 1. The van der Waals surface area contributed by atoms with Crippen molar-refractivity contribution in [3.63, 3.8) is 0 Å². The van der Waals surface area contributed by atoms with Gasteiger partial charge in [-0.3, -0.25) is 14.9 Å². The normalized spacial score (nSPS) is 13.8. The Kier molecular flexibility index (Phi) is 5.26. The highest BCUT2D eigenvalue weighted by molar-refractivity contribution is 7.99. The fourth-order valence-corrected chi connectivity index (χ4v) is 3.54. The minimum absolute atomic E-state index is 0.0617. The van der Waals surface area contributed by atoms with Gasteiger partial charge in [-0.15, -0.1) is 0 Å². The van der Waals surface area contributed by atoms with Crippen LogP contribution in [0.25, 0.3) is 11.1 Å². The third-order valence-corrected chi connectivity index (χ3v) is 5.16. The molecule has 29 heavy (non-hydrogen) atoms. The number of aromatic nitrogens is 1. The Morgan fingerprint density at radius 1 is 1.24 bits per heavy atom. The molecule has 1 N–H and O–H groups in total. The van der Waals surface area contributed by atoms with Gasteiger partial charge in [-0.1, -0.05) is 17.8 Å². The van der Waals surface area contributed by atoms with Gasteiger partial charge in [0.2, 0.25) is 5.91 Å². The summed E-state index contributed by atoms with van der Waals surface area (Å²) in [6.07, 6.45) is 0. The van der Waals surface area contributed by atoms with Gasteiger partial charge in [0.25, 0.3) is 10.9 Å². The molecule has 4 rings (SSSR count). The number of carbonyl (C=O) groups excluding carboxylic acids is 1. The first kappa shape index (κ1) is 19.1. The van der Waals surface area contributed by atoms with Crippen molar-refractivity contribution < 1.29 is 23.6 Å². The second-order valence-electron chi connectivity index (χ2n) is 6.37. The van der Waals surface area contributed by atoms with E-state index in [2.05, 4.69) is 10.3 Å². The van der Waals surface area contributed by atoms with E-state index in [1.54, 1.807) is 0 Å². The summed E-state index contributed by atoms with van der Waals surface area (Å²) in [5, 5.41) is 14.0. The number of non-ortho nitro benzene ring substituents is 1. The summed E-state index contributed by atoms with van der Waals surface area (Å²) < 4.78 is 16.6. The minimum atomic E-state index is -0.492. The van der Waals surface area contributed by atoms with E-state index in [4.69, 9.17) is 13.9 Å². The predicted molar refractivity (Wildman–Crippen MR) is 105 cm³/mol. The number of ether oxygens (including phenoxy) is 2. The first-order valence-electron chi connectivity index (χ1n) is 8.86. The minimum Gasteiger partial charge on any atom is -0.486 e. The number of thioether (sulfide) groups is 1. The number of nitro groups is 1. The summed E-state index contributed by atoms with van der Waals surface area (Å²) in [5.41, 5.74) is 1.66. The number of amides is 1. The largest absolute Gasteiger partial charge is 0.486 e. The van der Waals surface area contributed by atoms with E-state index >= 15 is 0 Å². The lowest BCUT2D eigenvalue weighted by molar-refractivity contribution is -0.384. The van der Waals surface area contributed by atoms with Crippen LogP contribution in [0.1, 0.15) is 18.5 Å². The average Bonchev–Trinajstić information content (AvgIpc) is 3.14. The first-order valence-corrected chi connectivity index (χ1v) is 9.85. The number of rotatable bonds is 6. The summed E-state index contributed by atoms with van der Waals surface area (Å²) in [5.74, 6) is 1.28. The van der Waals surface area contributed by atoms with Crippen molar-refractivity contribution in [2.45, 2.75) is 18.2 Å². The first-order chi connectivity index (χ1) is 14.0. The van der Waals surface area contributed by atoms with Crippen LogP contribution in [0.5, 0.6) is 11.5 Å². The zero-order valence-corrected chi connectivity index (χ0v) is 16.2. The number of fused-ring (bicyclic) bond motifs is 2. The zero-order chi connectivity index (χ0) is 20.4. The maximum absolute atomic E-state index is 12.3. The molecule has 0 fully saturated rings. The van der Waals surface area contributed by atoms with E-state index in [0.29, 0.717) is 35.8 Å². The van der Waals surface area contributed by atoms with Crippen LogP contribution in [0.3, 0.4) is 0 Å². The molecule has 1 atom stereocenters. The number of nitrogens with zero attached hydrogens (tertiary/aromatic N) is 2. The third-order valence-electron chi connectivity index (χ3n) is 4.33. The van der Waals surface area contributed by atoms with Crippen molar-refractivity contribution in [3.05, 3.63) is 52.1 Å². The number of carbonyl (C=O) groups is 1. The Hall–Kier alpha value is -3.27. The van der Waals surface area contributed by atoms with Gasteiger partial charge in [-0.2, -0.15) is 0 Å².